The molecule has 3 rings (SSSR count). The highest BCUT2D eigenvalue weighted by Crippen LogP contribution is 2.30. The second-order valence-corrected chi connectivity index (χ2v) is 6.18. The molecular formula is C17H17N3O3S. The summed E-state index contributed by atoms with van der Waals surface area (Å²) in [5.74, 6) is -0.734. The lowest BCUT2D eigenvalue weighted by atomic mass is 10.3. The van der Waals surface area contributed by atoms with Crippen molar-refractivity contribution in [3.05, 3.63) is 47.0 Å². The Morgan fingerprint density at radius 1 is 1.29 bits per heavy atom. The number of thiophene rings is 1. The maximum Gasteiger partial charge on any atom is 0.325 e. The first-order valence-electron chi connectivity index (χ1n) is 7.58. The molecular weight excluding hydrogens is 326 g/mol. The van der Waals surface area contributed by atoms with Gasteiger partial charge in [-0.05, 0) is 32.0 Å². The van der Waals surface area contributed by atoms with Crippen LogP contribution in [-0.2, 0) is 9.53 Å². The SMILES string of the molecule is CCOC(=O)CNC(=O)c1cc2c(C)nn(-c3ccccc3)c2s1. The van der Waals surface area contributed by atoms with Crippen molar-refractivity contribution < 1.29 is 14.3 Å². The lowest BCUT2D eigenvalue weighted by Crippen LogP contribution is -2.30. The number of rotatable bonds is 5. The van der Waals surface area contributed by atoms with Crippen LogP contribution < -0.4 is 5.32 Å². The Morgan fingerprint density at radius 3 is 2.75 bits per heavy atom. The third-order valence-corrected chi connectivity index (χ3v) is 4.58. The molecule has 0 fully saturated rings. The molecule has 0 saturated carbocycles. The van der Waals surface area contributed by atoms with Gasteiger partial charge in [0, 0.05) is 5.39 Å². The highest BCUT2D eigenvalue weighted by Gasteiger charge is 2.17. The average Bonchev–Trinajstić information content (AvgIpc) is 3.15. The third kappa shape index (κ3) is 3.16. The zero-order valence-corrected chi connectivity index (χ0v) is 14.2. The van der Waals surface area contributed by atoms with Gasteiger partial charge in [-0.3, -0.25) is 9.59 Å². The standard InChI is InChI=1S/C17H17N3O3S/c1-3-23-15(21)10-18-16(22)14-9-13-11(2)19-20(17(13)24-14)12-7-5-4-6-8-12/h4-9H,3,10H2,1-2H3,(H,18,22). The molecule has 24 heavy (non-hydrogen) atoms. The number of carbonyl (C=O) groups is 2. The fourth-order valence-electron chi connectivity index (χ4n) is 2.35. The number of nitrogens with zero attached hydrogens (tertiary/aromatic N) is 2. The van der Waals surface area contributed by atoms with Crippen molar-refractivity contribution in [1.29, 1.82) is 0 Å². The number of carbonyl (C=O) groups excluding carboxylic acids is 2. The molecule has 0 spiro atoms. The van der Waals surface area contributed by atoms with E-state index in [9.17, 15) is 9.59 Å². The summed E-state index contributed by atoms with van der Waals surface area (Å²) in [4.78, 5) is 25.0. The molecule has 3 aromatic rings. The minimum absolute atomic E-state index is 0.134. The molecule has 2 aromatic heterocycles. The van der Waals surface area contributed by atoms with E-state index in [1.807, 2.05) is 48.0 Å². The van der Waals surface area contributed by atoms with Gasteiger partial charge >= 0.3 is 5.97 Å². The van der Waals surface area contributed by atoms with E-state index in [4.69, 9.17) is 4.74 Å². The van der Waals surface area contributed by atoms with Gasteiger partial charge in [0.25, 0.3) is 5.91 Å². The van der Waals surface area contributed by atoms with Crippen LogP contribution in [0.1, 0.15) is 22.3 Å². The summed E-state index contributed by atoms with van der Waals surface area (Å²) in [6.45, 7) is 3.80. The van der Waals surface area contributed by atoms with Crippen molar-refractivity contribution in [2.24, 2.45) is 0 Å². The molecule has 0 unspecified atom stereocenters. The summed E-state index contributed by atoms with van der Waals surface area (Å²) in [6, 6.07) is 11.6. The lowest BCUT2D eigenvalue weighted by molar-refractivity contribution is -0.141. The number of benzene rings is 1. The number of hydrogen-bond donors (Lipinski definition) is 1. The average molecular weight is 343 g/mol. The van der Waals surface area contributed by atoms with Crippen LogP contribution in [0, 0.1) is 6.92 Å². The minimum atomic E-state index is -0.446. The van der Waals surface area contributed by atoms with Crippen molar-refractivity contribution in [1.82, 2.24) is 15.1 Å². The normalized spacial score (nSPS) is 10.8. The highest BCUT2D eigenvalue weighted by atomic mass is 32.1. The fraction of sp³-hybridized carbons (Fsp3) is 0.235. The molecule has 2 heterocycles. The van der Waals surface area contributed by atoms with Crippen LogP contribution in [0.4, 0.5) is 0 Å². The van der Waals surface area contributed by atoms with Gasteiger partial charge in [0.05, 0.1) is 22.9 Å². The summed E-state index contributed by atoms with van der Waals surface area (Å²) >= 11 is 1.35. The van der Waals surface area contributed by atoms with Gasteiger partial charge in [-0.2, -0.15) is 5.10 Å². The van der Waals surface area contributed by atoms with Crippen LogP contribution in [0.15, 0.2) is 36.4 Å². The predicted molar refractivity (Wildman–Crippen MR) is 92.7 cm³/mol. The Labute approximate surface area is 143 Å². The maximum atomic E-state index is 12.2. The Kier molecular flexibility index (Phi) is 4.61. The van der Waals surface area contributed by atoms with E-state index < -0.39 is 5.97 Å². The minimum Gasteiger partial charge on any atom is -0.465 e. The Balaban J connectivity index is 1.86. The van der Waals surface area contributed by atoms with Crippen LogP contribution in [0.25, 0.3) is 15.9 Å². The highest BCUT2D eigenvalue weighted by molar-refractivity contribution is 7.20. The molecule has 124 valence electrons. The third-order valence-electron chi connectivity index (χ3n) is 3.47. The summed E-state index contributed by atoms with van der Waals surface area (Å²) in [5.41, 5.74) is 1.80. The molecule has 1 amide bonds. The Bertz CT molecular complexity index is 883. The van der Waals surface area contributed by atoms with E-state index >= 15 is 0 Å². The van der Waals surface area contributed by atoms with Gasteiger partial charge in [-0.15, -0.1) is 11.3 Å². The zero-order valence-electron chi connectivity index (χ0n) is 13.4. The van der Waals surface area contributed by atoms with Gasteiger partial charge in [0.1, 0.15) is 11.4 Å². The molecule has 0 saturated heterocycles. The monoisotopic (exact) mass is 343 g/mol. The summed E-state index contributed by atoms with van der Waals surface area (Å²) in [6.07, 6.45) is 0. The van der Waals surface area contributed by atoms with E-state index in [0.717, 1.165) is 21.6 Å². The van der Waals surface area contributed by atoms with Crippen molar-refractivity contribution in [3.8, 4) is 5.69 Å². The van der Waals surface area contributed by atoms with E-state index in [2.05, 4.69) is 10.4 Å². The number of ether oxygens (including phenoxy) is 1. The maximum absolute atomic E-state index is 12.2. The Morgan fingerprint density at radius 2 is 2.04 bits per heavy atom. The fourth-order valence-corrected chi connectivity index (χ4v) is 3.45. The van der Waals surface area contributed by atoms with Gasteiger partial charge in [-0.1, -0.05) is 18.2 Å². The molecule has 0 bridgehead atoms. The quantitative estimate of drug-likeness (QED) is 0.723. The summed E-state index contributed by atoms with van der Waals surface area (Å²) in [5, 5.41) is 8.06. The molecule has 0 atom stereocenters. The van der Waals surface area contributed by atoms with Crippen LogP contribution >= 0.6 is 11.3 Å². The lowest BCUT2D eigenvalue weighted by Gasteiger charge is -2.03. The van der Waals surface area contributed by atoms with Crippen molar-refractivity contribution >= 4 is 33.4 Å². The molecule has 1 aromatic carbocycles. The van der Waals surface area contributed by atoms with E-state index in [-0.39, 0.29) is 12.5 Å². The van der Waals surface area contributed by atoms with E-state index in [1.165, 1.54) is 11.3 Å². The predicted octanol–water partition coefficient (Wildman–Crippen LogP) is 2.69. The van der Waals surface area contributed by atoms with Crippen molar-refractivity contribution in [2.45, 2.75) is 13.8 Å². The topological polar surface area (TPSA) is 73.2 Å². The van der Waals surface area contributed by atoms with Crippen LogP contribution in [0.5, 0.6) is 0 Å². The number of esters is 1. The van der Waals surface area contributed by atoms with Crippen LogP contribution in [-0.4, -0.2) is 34.8 Å². The van der Waals surface area contributed by atoms with Gasteiger partial charge in [0.2, 0.25) is 0 Å². The molecule has 0 aliphatic carbocycles. The van der Waals surface area contributed by atoms with Crippen LogP contribution in [0.3, 0.4) is 0 Å². The Hall–Kier alpha value is -2.67. The van der Waals surface area contributed by atoms with Crippen molar-refractivity contribution in [3.63, 3.8) is 0 Å². The molecule has 6 nitrogen and oxygen atoms in total. The molecule has 7 heteroatoms. The van der Waals surface area contributed by atoms with Gasteiger partial charge < -0.3 is 10.1 Å². The second-order valence-electron chi connectivity index (χ2n) is 5.15. The molecule has 0 radical (unpaired) electrons. The number of aryl methyl sites for hydroxylation is 1. The molecule has 0 aliphatic heterocycles. The van der Waals surface area contributed by atoms with Gasteiger partial charge in [0.15, 0.2) is 0 Å². The number of para-hydroxylation sites is 1. The first kappa shape index (κ1) is 16.2. The number of fused-ring (bicyclic) bond motifs is 1. The van der Waals surface area contributed by atoms with E-state index in [0.29, 0.717) is 11.5 Å². The number of nitrogens with one attached hydrogen (secondary N) is 1. The zero-order chi connectivity index (χ0) is 17.1. The first-order chi connectivity index (χ1) is 11.6. The smallest absolute Gasteiger partial charge is 0.325 e. The summed E-state index contributed by atoms with van der Waals surface area (Å²) in [7, 11) is 0. The number of amides is 1. The van der Waals surface area contributed by atoms with Gasteiger partial charge in [-0.25, -0.2) is 4.68 Å². The van der Waals surface area contributed by atoms with E-state index in [1.54, 1.807) is 6.92 Å². The molecule has 1 N–H and O–H groups in total. The largest absolute Gasteiger partial charge is 0.465 e. The first-order valence-corrected chi connectivity index (χ1v) is 8.40. The van der Waals surface area contributed by atoms with Crippen molar-refractivity contribution in [2.75, 3.05) is 13.2 Å². The second kappa shape index (κ2) is 6.84. The number of aromatic nitrogens is 2. The molecule has 0 aliphatic rings. The number of hydrogen-bond acceptors (Lipinski definition) is 5. The summed E-state index contributed by atoms with van der Waals surface area (Å²) < 4.78 is 6.63. The van der Waals surface area contributed by atoms with Crippen LogP contribution in [0.2, 0.25) is 0 Å².